The van der Waals surface area contributed by atoms with Crippen LogP contribution in [0.1, 0.15) is 5.56 Å². The van der Waals surface area contributed by atoms with Crippen LogP contribution in [0, 0.1) is 11.8 Å². The first-order chi connectivity index (χ1) is 6.50. The van der Waals surface area contributed by atoms with Crippen LogP contribution in [0.4, 0.5) is 0 Å². The lowest BCUT2D eigenvalue weighted by atomic mass is 10.2. The maximum atomic E-state index is 11.3. The summed E-state index contributed by atoms with van der Waals surface area (Å²) in [7, 11) is -2.71. The molecular formula is C11H11O2P. The molecule has 0 bridgehead atoms. The largest absolute Gasteiger partial charge is 0.315 e. The average Bonchev–Trinajstić information content (AvgIpc) is 2.14. The maximum Gasteiger partial charge on any atom is 0.263 e. The van der Waals surface area contributed by atoms with E-state index in [1.165, 1.54) is 13.3 Å². The second-order valence-electron chi connectivity index (χ2n) is 3.27. The highest BCUT2D eigenvalue weighted by Gasteiger charge is 2.15. The van der Waals surface area contributed by atoms with E-state index in [0.717, 1.165) is 5.56 Å². The number of carbonyl (C=O) groups excluding carboxylic acids is 1. The summed E-state index contributed by atoms with van der Waals surface area (Å²) < 4.78 is 11.3. The standard InChI is InChI=1S/C11H11O2P/c1-14(2,13)11(12)9-8-10-6-4-3-5-7-10/h3-7H,1-2H3. The second-order valence-corrected chi connectivity index (χ2v) is 6.38. The van der Waals surface area contributed by atoms with Gasteiger partial charge in [0.25, 0.3) is 5.52 Å². The molecule has 0 fully saturated rings. The van der Waals surface area contributed by atoms with Crippen molar-refractivity contribution in [3.63, 3.8) is 0 Å². The molecule has 1 rings (SSSR count). The fourth-order valence-electron chi connectivity index (χ4n) is 0.782. The van der Waals surface area contributed by atoms with Gasteiger partial charge in [-0.15, -0.1) is 0 Å². The summed E-state index contributed by atoms with van der Waals surface area (Å²) in [5.41, 5.74) is 0.288. The molecule has 0 saturated carbocycles. The van der Waals surface area contributed by atoms with Gasteiger partial charge in [0.2, 0.25) is 0 Å². The fourth-order valence-corrected chi connectivity index (χ4v) is 1.11. The van der Waals surface area contributed by atoms with Crippen LogP contribution >= 0.6 is 7.14 Å². The molecule has 14 heavy (non-hydrogen) atoms. The highest BCUT2D eigenvalue weighted by atomic mass is 31.2. The van der Waals surface area contributed by atoms with E-state index in [1.54, 1.807) is 12.1 Å². The van der Waals surface area contributed by atoms with Gasteiger partial charge in [0.05, 0.1) is 0 Å². The monoisotopic (exact) mass is 206 g/mol. The van der Waals surface area contributed by atoms with Crippen LogP contribution < -0.4 is 0 Å². The van der Waals surface area contributed by atoms with Crippen molar-refractivity contribution < 1.29 is 9.36 Å². The molecule has 0 aromatic heterocycles. The molecule has 0 N–H and O–H groups in total. The van der Waals surface area contributed by atoms with E-state index in [4.69, 9.17) is 0 Å². The second kappa shape index (κ2) is 4.26. The minimum Gasteiger partial charge on any atom is -0.315 e. The third-order valence-electron chi connectivity index (χ3n) is 1.58. The zero-order chi connectivity index (χ0) is 10.6. The van der Waals surface area contributed by atoms with E-state index in [9.17, 15) is 9.36 Å². The van der Waals surface area contributed by atoms with Gasteiger partial charge in [0.15, 0.2) is 7.14 Å². The molecule has 0 radical (unpaired) electrons. The molecule has 0 aliphatic heterocycles. The summed E-state index contributed by atoms with van der Waals surface area (Å²) in [5, 5.41) is 0. The first-order valence-electron chi connectivity index (χ1n) is 4.17. The molecule has 0 spiro atoms. The summed E-state index contributed by atoms with van der Waals surface area (Å²) in [5.74, 6) is 5.07. The van der Waals surface area contributed by atoms with Gasteiger partial charge in [0, 0.05) is 5.56 Å². The van der Waals surface area contributed by atoms with Gasteiger partial charge in [0.1, 0.15) is 0 Å². The summed E-state index contributed by atoms with van der Waals surface area (Å²) >= 11 is 0. The topological polar surface area (TPSA) is 34.1 Å². The lowest BCUT2D eigenvalue weighted by molar-refractivity contribution is -0.107. The van der Waals surface area contributed by atoms with Gasteiger partial charge in [-0.3, -0.25) is 4.79 Å². The van der Waals surface area contributed by atoms with Crippen molar-refractivity contribution >= 4 is 12.7 Å². The predicted octanol–water partition coefficient (Wildman–Crippen LogP) is 2.19. The fraction of sp³-hybridized carbons (Fsp3) is 0.182. The highest BCUT2D eigenvalue weighted by molar-refractivity contribution is 7.79. The number of hydrogen-bond acceptors (Lipinski definition) is 2. The molecule has 0 aliphatic rings. The molecule has 0 unspecified atom stereocenters. The van der Waals surface area contributed by atoms with Gasteiger partial charge < -0.3 is 4.57 Å². The third kappa shape index (κ3) is 3.20. The average molecular weight is 206 g/mol. The smallest absolute Gasteiger partial charge is 0.263 e. The number of benzene rings is 1. The third-order valence-corrected chi connectivity index (χ3v) is 2.67. The first-order valence-corrected chi connectivity index (χ1v) is 6.77. The van der Waals surface area contributed by atoms with Gasteiger partial charge in [-0.1, -0.05) is 24.1 Å². The maximum absolute atomic E-state index is 11.3. The Labute approximate surface area is 83.7 Å². The van der Waals surface area contributed by atoms with Crippen LogP contribution in [0.15, 0.2) is 30.3 Å². The minimum absolute atomic E-state index is 0.471. The molecule has 72 valence electrons. The van der Waals surface area contributed by atoms with E-state index in [-0.39, 0.29) is 0 Å². The van der Waals surface area contributed by atoms with Crippen molar-refractivity contribution in [2.24, 2.45) is 0 Å². The van der Waals surface area contributed by atoms with Crippen molar-refractivity contribution in [2.45, 2.75) is 0 Å². The summed E-state index contributed by atoms with van der Waals surface area (Å²) in [6.45, 7) is 2.85. The Hall–Kier alpha value is -1.32. The number of carbonyl (C=O) groups is 1. The molecule has 1 aromatic carbocycles. The quantitative estimate of drug-likeness (QED) is 0.521. The lowest BCUT2D eigenvalue weighted by Gasteiger charge is -1.95. The van der Waals surface area contributed by atoms with E-state index in [0.29, 0.717) is 0 Å². The van der Waals surface area contributed by atoms with Crippen LogP contribution in [-0.2, 0) is 9.36 Å². The SMILES string of the molecule is CP(C)(=O)C(=O)C#Cc1ccccc1. The van der Waals surface area contributed by atoms with Gasteiger partial charge >= 0.3 is 0 Å². The molecule has 1 aromatic rings. The van der Waals surface area contributed by atoms with Gasteiger partial charge in [-0.05, 0) is 31.4 Å². The molecule has 0 atom stereocenters. The van der Waals surface area contributed by atoms with Crippen molar-refractivity contribution in [1.82, 2.24) is 0 Å². The van der Waals surface area contributed by atoms with E-state index < -0.39 is 12.7 Å². The first kappa shape index (κ1) is 10.8. The Balaban J connectivity index is 2.85. The van der Waals surface area contributed by atoms with Gasteiger partial charge in [-0.25, -0.2) is 0 Å². The predicted molar refractivity (Wildman–Crippen MR) is 57.8 cm³/mol. The van der Waals surface area contributed by atoms with Crippen LogP contribution in [0.5, 0.6) is 0 Å². The Morgan fingerprint density at radius 2 is 1.79 bits per heavy atom. The Bertz CT molecular complexity index is 431. The van der Waals surface area contributed by atoms with Crippen LogP contribution in [-0.4, -0.2) is 18.9 Å². The van der Waals surface area contributed by atoms with Crippen LogP contribution in [0.2, 0.25) is 0 Å². The highest BCUT2D eigenvalue weighted by Crippen LogP contribution is 2.36. The zero-order valence-corrected chi connectivity index (χ0v) is 9.04. The number of rotatable bonds is 1. The van der Waals surface area contributed by atoms with E-state index >= 15 is 0 Å². The molecular weight excluding hydrogens is 195 g/mol. The van der Waals surface area contributed by atoms with Crippen LogP contribution in [0.25, 0.3) is 0 Å². The molecule has 0 aliphatic carbocycles. The van der Waals surface area contributed by atoms with Gasteiger partial charge in [-0.2, -0.15) is 0 Å². The molecule has 3 heteroatoms. The summed E-state index contributed by atoms with van der Waals surface area (Å²) in [6, 6.07) is 9.16. The molecule has 0 amide bonds. The Kier molecular flexibility index (Phi) is 3.28. The van der Waals surface area contributed by atoms with Crippen molar-refractivity contribution in [1.29, 1.82) is 0 Å². The summed E-state index contributed by atoms with van der Waals surface area (Å²) in [6.07, 6.45) is 0. The molecule has 0 saturated heterocycles. The van der Waals surface area contributed by atoms with Crippen molar-refractivity contribution in [3.8, 4) is 11.8 Å². The van der Waals surface area contributed by atoms with Crippen LogP contribution in [0.3, 0.4) is 0 Å². The van der Waals surface area contributed by atoms with E-state index in [2.05, 4.69) is 11.8 Å². The Morgan fingerprint density at radius 3 is 2.29 bits per heavy atom. The normalized spacial score (nSPS) is 10.1. The number of hydrogen-bond donors (Lipinski definition) is 0. The lowest BCUT2D eigenvalue weighted by Crippen LogP contribution is -1.92. The summed E-state index contributed by atoms with van der Waals surface area (Å²) in [4.78, 5) is 11.2. The molecule has 0 heterocycles. The Morgan fingerprint density at radius 1 is 1.21 bits per heavy atom. The van der Waals surface area contributed by atoms with E-state index in [1.807, 2.05) is 18.2 Å². The molecule has 2 nitrogen and oxygen atoms in total. The minimum atomic E-state index is -2.71. The van der Waals surface area contributed by atoms with Crippen molar-refractivity contribution in [2.75, 3.05) is 13.3 Å². The zero-order valence-electron chi connectivity index (χ0n) is 8.15. The van der Waals surface area contributed by atoms with Crippen molar-refractivity contribution in [3.05, 3.63) is 35.9 Å².